The number of methoxy groups -OCH3 is 1. The van der Waals surface area contributed by atoms with Gasteiger partial charge in [0.15, 0.2) is 5.82 Å². The summed E-state index contributed by atoms with van der Waals surface area (Å²) in [4.78, 5) is 13.6. The Morgan fingerprint density at radius 2 is 1.96 bits per heavy atom. The highest BCUT2D eigenvalue weighted by atomic mass is 79.9. The van der Waals surface area contributed by atoms with Crippen LogP contribution in [-0.2, 0) is 4.74 Å². The van der Waals surface area contributed by atoms with Crippen LogP contribution in [0.1, 0.15) is 24.4 Å². The molecule has 0 aliphatic carbocycles. The van der Waals surface area contributed by atoms with Crippen LogP contribution in [0.5, 0.6) is 5.88 Å². The third-order valence-corrected chi connectivity index (χ3v) is 4.36. The van der Waals surface area contributed by atoms with Gasteiger partial charge in [-0.1, -0.05) is 28.1 Å². The van der Waals surface area contributed by atoms with Crippen molar-refractivity contribution < 1.29 is 9.47 Å². The summed E-state index contributed by atoms with van der Waals surface area (Å²) in [5, 5.41) is 3.45. The molecule has 0 radical (unpaired) electrons. The van der Waals surface area contributed by atoms with Crippen molar-refractivity contribution in [1.82, 2.24) is 15.0 Å². The van der Waals surface area contributed by atoms with Crippen LogP contribution < -0.4 is 10.1 Å². The Balaban J connectivity index is 1.91. The first kappa shape index (κ1) is 18.5. The predicted molar refractivity (Wildman–Crippen MR) is 106 cm³/mol. The molecule has 0 spiro atoms. The molecule has 136 valence electrons. The molecule has 3 aromatic rings. The molecule has 26 heavy (non-hydrogen) atoms. The third-order valence-electron chi connectivity index (χ3n) is 3.87. The summed E-state index contributed by atoms with van der Waals surface area (Å²) >= 11 is 3.51. The van der Waals surface area contributed by atoms with E-state index in [1.165, 1.54) is 0 Å². The van der Waals surface area contributed by atoms with E-state index in [9.17, 15) is 0 Å². The molecule has 7 heteroatoms. The van der Waals surface area contributed by atoms with Gasteiger partial charge in [0, 0.05) is 17.6 Å². The van der Waals surface area contributed by atoms with Crippen molar-refractivity contribution in [2.24, 2.45) is 0 Å². The maximum Gasteiger partial charge on any atom is 0.214 e. The van der Waals surface area contributed by atoms with Gasteiger partial charge in [-0.05, 0) is 37.6 Å². The number of benzene rings is 1. The predicted octanol–water partition coefficient (Wildman–Crippen LogP) is 4.29. The molecule has 1 atom stereocenters. The van der Waals surface area contributed by atoms with Gasteiger partial charge in [0.05, 0.1) is 18.2 Å². The van der Waals surface area contributed by atoms with Crippen LogP contribution in [-0.4, -0.2) is 35.3 Å². The minimum atomic E-state index is 0.0601. The van der Waals surface area contributed by atoms with Gasteiger partial charge in [-0.15, -0.1) is 0 Å². The second kappa shape index (κ2) is 8.42. The topological polar surface area (TPSA) is 69.2 Å². The highest BCUT2D eigenvalue weighted by Gasteiger charge is 2.13. The van der Waals surface area contributed by atoms with E-state index in [0.29, 0.717) is 36.3 Å². The molecule has 0 saturated heterocycles. The lowest BCUT2D eigenvalue weighted by molar-refractivity contribution is 0.144. The number of halogens is 1. The average Bonchev–Trinajstić information content (AvgIpc) is 2.62. The van der Waals surface area contributed by atoms with Crippen molar-refractivity contribution >= 4 is 32.8 Å². The van der Waals surface area contributed by atoms with Gasteiger partial charge in [-0.2, -0.15) is 0 Å². The summed E-state index contributed by atoms with van der Waals surface area (Å²) < 4.78 is 11.7. The van der Waals surface area contributed by atoms with Gasteiger partial charge in [0.1, 0.15) is 17.9 Å². The second-order valence-corrected chi connectivity index (χ2v) is 6.81. The highest BCUT2D eigenvalue weighted by molar-refractivity contribution is 9.10. The Morgan fingerprint density at radius 3 is 2.73 bits per heavy atom. The quantitative estimate of drug-likeness (QED) is 0.579. The number of ether oxygens (including phenoxy) is 2. The van der Waals surface area contributed by atoms with Gasteiger partial charge < -0.3 is 14.8 Å². The molecule has 2 aromatic heterocycles. The molecule has 3 rings (SSSR count). The van der Waals surface area contributed by atoms with Crippen LogP contribution in [0, 0.1) is 6.92 Å². The van der Waals surface area contributed by atoms with Gasteiger partial charge >= 0.3 is 0 Å². The van der Waals surface area contributed by atoms with Gasteiger partial charge in [0.25, 0.3) is 0 Å². The van der Waals surface area contributed by atoms with Gasteiger partial charge in [0.2, 0.25) is 5.88 Å². The fourth-order valence-corrected chi connectivity index (χ4v) is 3.00. The lowest BCUT2D eigenvalue weighted by atomic mass is 10.1. The summed E-state index contributed by atoms with van der Waals surface area (Å²) in [6.07, 6.45) is 0. The lowest BCUT2D eigenvalue weighted by Gasteiger charge is -2.17. The van der Waals surface area contributed by atoms with Crippen LogP contribution >= 0.6 is 15.9 Å². The fraction of sp³-hybridized carbons (Fsp3) is 0.316. The molecule has 0 amide bonds. The number of aromatic nitrogens is 3. The Labute approximate surface area is 161 Å². The fourth-order valence-electron chi connectivity index (χ4n) is 2.59. The first-order valence-corrected chi connectivity index (χ1v) is 9.15. The molecule has 1 N–H and O–H groups in total. The number of anilines is 1. The lowest BCUT2D eigenvalue weighted by Crippen LogP contribution is -2.11. The minimum absolute atomic E-state index is 0.0601. The average molecular weight is 417 g/mol. The maximum atomic E-state index is 5.62. The minimum Gasteiger partial charge on any atom is -0.475 e. The largest absolute Gasteiger partial charge is 0.475 e. The summed E-state index contributed by atoms with van der Waals surface area (Å²) in [7, 11) is 1.64. The van der Waals surface area contributed by atoms with E-state index in [-0.39, 0.29) is 6.04 Å². The zero-order valence-electron chi connectivity index (χ0n) is 15.0. The molecule has 0 saturated carbocycles. The molecule has 0 aliphatic rings. The molecule has 2 heterocycles. The maximum absolute atomic E-state index is 5.62. The van der Waals surface area contributed by atoms with Crippen molar-refractivity contribution in [1.29, 1.82) is 0 Å². The Bertz CT molecular complexity index is 904. The summed E-state index contributed by atoms with van der Waals surface area (Å²) in [5.41, 5.74) is 2.61. The number of rotatable bonds is 7. The van der Waals surface area contributed by atoms with E-state index in [2.05, 4.69) is 55.3 Å². The summed E-state index contributed by atoms with van der Waals surface area (Å²) in [6, 6.07) is 11.9. The highest BCUT2D eigenvalue weighted by Crippen LogP contribution is 2.26. The molecular weight excluding hydrogens is 396 g/mol. The number of nitrogens with zero attached hydrogens (tertiary/aromatic N) is 3. The van der Waals surface area contributed by atoms with E-state index in [1.807, 2.05) is 31.2 Å². The van der Waals surface area contributed by atoms with Crippen LogP contribution in [0.15, 0.2) is 40.9 Å². The summed E-state index contributed by atoms with van der Waals surface area (Å²) in [6.45, 7) is 4.91. The van der Waals surface area contributed by atoms with E-state index in [0.717, 1.165) is 15.6 Å². The first-order chi connectivity index (χ1) is 12.6. The second-order valence-electron chi connectivity index (χ2n) is 5.90. The van der Waals surface area contributed by atoms with E-state index in [1.54, 1.807) is 7.11 Å². The monoisotopic (exact) mass is 416 g/mol. The van der Waals surface area contributed by atoms with Crippen LogP contribution in [0.2, 0.25) is 0 Å². The van der Waals surface area contributed by atoms with Gasteiger partial charge in [-0.3, -0.25) is 0 Å². The first-order valence-electron chi connectivity index (χ1n) is 8.36. The Hall–Kier alpha value is -2.25. The molecule has 1 aromatic carbocycles. The molecule has 0 fully saturated rings. The van der Waals surface area contributed by atoms with Crippen molar-refractivity contribution in [2.45, 2.75) is 19.9 Å². The van der Waals surface area contributed by atoms with Crippen molar-refractivity contribution in [2.75, 3.05) is 25.6 Å². The number of nitrogens with one attached hydrogen (secondary N) is 1. The van der Waals surface area contributed by atoms with Crippen molar-refractivity contribution in [3.05, 3.63) is 52.3 Å². The summed E-state index contributed by atoms with van der Waals surface area (Å²) in [5.74, 6) is 1.91. The molecule has 0 bridgehead atoms. The van der Waals surface area contributed by atoms with Crippen molar-refractivity contribution in [3.63, 3.8) is 0 Å². The van der Waals surface area contributed by atoms with E-state index < -0.39 is 0 Å². The van der Waals surface area contributed by atoms with E-state index in [4.69, 9.17) is 9.47 Å². The normalized spacial score (nSPS) is 12.2. The standard InChI is InChI=1S/C19H21BrN4O2/c1-12(14-5-4-6-15(20)11-14)21-19-18-16(22-13(2)23-19)7-8-17(24-18)26-10-9-25-3/h4-8,11-12H,9-10H2,1-3H3,(H,21,22,23)/t12-/m1/s1. The molecule has 0 unspecified atom stereocenters. The third kappa shape index (κ3) is 4.47. The number of fused-ring (bicyclic) bond motifs is 1. The Morgan fingerprint density at radius 1 is 1.12 bits per heavy atom. The smallest absolute Gasteiger partial charge is 0.214 e. The number of hydrogen-bond donors (Lipinski definition) is 1. The van der Waals surface area contributed by atoms with E-state index >= 15 is 0 Å². The van der Waals surface area contributed by atoms with Crippen LogP contribution in [0.25, 0.3) is 11.0 Å². The molecule has 0 aliphatic heterocycles. The zero-order valence-corrected chi connectivity index (χ0v) is 16.6. The SMILES string of the molecule is COCCOc1ccc2nc(C)nc(N[C@H](C)c3cccc(Br)c3)c2n1. The van der Waals surface area contributed by atoms with Gasteiger partial charge in [-0.25, -0.2) is 15.0 Å². The van der Waals surface area contributed by atoms with Crippen molar-refractivity contribution in [3.8, 4) is 5.88 Å². The van der Waals surface area contributed by atoms with Crippen LogP contribution in [0.4, 0.5) is 5.82 Å². The number of hydrogen-bond acceptors (Lipinski definition) is 6. The van der Waals surface area contributed by atoms with Crippen LogP contribution in [0.3, 0.4) is 0 Å². The molecule has 6 nitrogen and oxygen atoms in total. The Kier molecular flexibility index (Phi) is 6.00. The number of aryl methyl sites for hydroxylation is 1. The number of pyridine rings is 1. The molecular formula is C19H21BrN4O2. The zero-order chi connectivity index (χ0) is 18.5.